The molecule has 16 heavy (non-hydrogen) atoms. The first kappa shape index (κ1) is 12.8. The van der Waals surface area contributed by atoms with E-state index in [0.717, 1.165) is 19.3 Å². The first-order valence-electron chi connectivity index (χ1n) is 6.34. The van der Waals surface area contributed by atoms with Gasteiger partial charge in [-0.1, -0.05) is 29.8 Å². The second-order valence-electron chi connectivity index (χ2n) is 6.00. The van der Waals surface area contributed by atoms with Crippen molar-refractivity contribution in [1.82, 2.24) is 0 Å². The Morgan fingerprint density at radius 3 is 2.12 bits per heavy atom. The molecular weight excluding hydrogens is 268 g/mol. The van der Waals surface area contributed by atoms with E-state index in [0.29, 0.717) is 29.2 Å². The van der Waals surface area contributed by atoms with Crippen molar-refractivity contribution >= 4 is 15.9 Å². The monoisotopic (exact) mass is 290 g/mol. The Morgan fingerprint density at radius 2 is 1.69 bits per heavy atom. The van der Waals surface area contributed by atoms with E-state index in [4.69, 9.17) is 9.47 Å². The van der Waals surface area contributed by atoms with Gasteiger partial charge in [0.05, 0.1) is 24.4 Å². The van der Waals surface area contributed by atoms with Crippen LogP contribution in [0.15, 0.2) is 0 Å². The van der Waals surface area contributed by atoms with Crippen LogP contribution in [0.4, 0.5) is 0 Å². The molecule has 2 fully saturated rings. The third-order valence-electron chi connectivity index (χ3n) is 4.07. The van der Waals surface area contributed by atoms with Crippen LogP contribution in [0.25, 0.3) is 0 Å². The van der Waals surface area contributed by atoms with E-state index < -0.39 is 0 Å². The fourth-order valence-corrected chi connectivity index (χ4v) is 3.39. The quantitative estimate of drug-likeness (QED) is 0.725. The smallest absolute Gasteiger partial charge is 0.0651 e. The molecule has 0 aromatic heterocycles. The Morgan fingerprint density at radius 1 is 1.12 bits per heavy atom. The highest BCUT2D eigenvalue weighted by atomic mass is 79.9. The molecule has 2 rings (SSSR count). The molecule has 4 atom stereocenters. The standard InChI is InChI=1S/C13H23BrO2/c1-8-5-10(6-9(2)15-8)16-12-7-11(14)13(12,3)4/h8-12H,5-7H2,1-4H3. The van der Waals surface area contributed by atoms with Gasteiger partial charge in [-0.05, 0) is 33.1 Å². The van der Waals surface area contributed by atoms with Gasteiger partial charge in [-0.15, -0.1) is 0 Å². The Balaban J connectivity index is 1.86. The van der Waals surface area contributed by atoms with Crippen molar-refractivity contribution in [3.8, 4) is 0 Å². The number of alkyl halides is 1. The molecule has 94 valence electrons. The van der Waals surface area contributed by atoms with Crippen molar-refractivity contribution in [2.45, 2.75) is 76.2 Å². The summed E-state index contributed by atoms with van der Waals surface area (Å²) in [6.07, 6.45) is 4.73. The highest BCUT2D eigenvalue weighted by molar-refractivity contribution is 9.09. The van der Waals surface area contributed by atoms with Gasteiger partial charge in [0.2, 0.25) is 0 Å². The zero-order valence-corrected chi connectivity index (χ0v) is 12.3. The van der Waals surface area contributed by atoms with E-state index in [9.17, 15) is 0 Å². The number of ether oxygens (including phenoxy) is 2. The lowest BCUT2D eigenvalue weighted by Crippen LogP contribution is -2.53. The summed E-state index contributed by atoms with van der Waals surface area (Å²) < 4.78 is 12.0. The van der Waals surface area contributed by atoms with Crippen molar-refractivity contribution in [1.29, 1.82) is 0 Å². The summed E-state index contributed by atoms with van der Waals surface area (Å²) in [7, 11) is 0. The van der Waals surface area contributed by atoms with Crippen molar-refractivity contribution < 1.29 is 9.47 Å². The molecule has 0 N–H and O–H groups in total. The average molecular weight is 291 g/mol. The molecule has 0 spiro atoms. The molecule has 0 aromatic rings. The van der Waals surface area contributed by atoms with E-state index in [-0.39, 0.29) is 5.41 Å². The summed E-state index contributed by atoms with van der Waals surface area (Å²) in [4.78, 5) is 0.611. The van der Waals surface area contributed by atoms with Crippen LogP contribution in [-0.2, 0) is 9.47 Å². The Labute approximate surface area is 107 Å². The molecule has 1 aliphatic carbocycles. The van der Waals surface area contributed by atoms with E-state index in [1.54, 1.807) is 0 Å². The predicted molar refractivity (Wildman–Crippen MR) is 69.0 cm³/mol. The minimum absolute atomic E-state index is 0.283. The molecule has 4 unspecified atom stereocenters. The van der Waals surface area contributed by atoms with Crippen LogP contribution in [0, 0.1) is 5.41 Å². The number of halogens is 1. The lowest BCUT2D eigenvalue weighted by molar-refractivity contribution is -0.168. The van der Waals surface area contributed by atoms with E-state index in [1.807, 2.05) is 0 Å². The molecule has 0 aromatic carbocycles. The molecule has 0 radical (unpaired) electrons. The van der Waals surface area contributed by atoms with Crippen LogP contribution < -0.4 is 0 Å². The molecule has 3 heteroatoms. The van der Waals surface area contributed by atoms with Gasteiger partial charge < -0.3 is 9.47 Å². The van der Waals surface area contributed by atoms with E-state index >= 15 is 0 Å². The highest BCUT2D eigenvalue weighted by Gasteiger charge is 2.48. The summed E-state index contributed by atoms with van der Waals surface area (Å²) >= 11 is 3.71. The fourth-order valence-electron chi connectivity index (χ4n) is 2.76. The van der Waals surface area contributed by atoms with Crippen LogP contribution in [0.2, 0.25) is 0 Å². The zero-order chi connectivity index (χ0) is 11.9. The lowest BCUT2D eigenvalue weighted by Gasteiger charge is -2.51. The second-order valence-corrected chi connectivity index (χ2v) is 7.11. The van der Waals surface area contributed by atoms with Crippen molar-refractivity contribution in [2.24, 2.45) is 5.41 Å². The highest BCUT2D eigenvalue weighted by Crippen LogP contribution is 2.48. The largest absolute Gasteiger partial charge is 0.375 e. The number of rotatable bonds is 2. The minimum atomic E-state index is 0.283. The first-order valence-corrected chi connectivity index (χ1v) is 7.26. The van der Waals surface area contributed by atoms with Gasteiger partial charge in [0.15, 0.2) is 0 Å². The SMILES string of the molecule is CC1CC(OC2CC(Br)C2(C)C)CC(C)O1. The minimum Gasteiger partial charge on any atom is -0.375 e. The Kier molecular flexibility index (Phi) is 3.68. The Hall–Kier alpha value is 0.400. The predicted octanol–water partition coefficient (Wildman–Crippen LogP) is 3.52. The summed E-state index contributed by atoms with van der Waals surface area (Å²) in [6.45, 7) is 8.86. The topological polar surface area (TPSA) is 18.5 Å². The van der Waals surface area contributed by atoms with E-state index in [1.165, 1.54) is 0 Å². The van der Waals surface area contributed by atoms with Crippen LogP contribution in [0.3, 0.4) is 0 Å². The van der Waals surface area contributed by atoms with Crippen LogP contribution in [0.5, 0.6) is 0 Å². The maximum atomic E-state index is 6.24. The Bertz CT molecular complexity index is 244. The summed E-state index contributed by atoms with van der Waals surface area (Å²) in [5.41, 5.74) is 0.283. The zero-order valence-electron chi connectivity index (χ0n) is 10.7. The van der Waals surface area contributed by atoms with Crippen molar-refractivity contribution in [3.63, 3.8) is 0 Å². The van der Waals surface area contributed by atoms with Gasteiger partial charge in [-0.3, -0.25) is 0 Å². The molecule has 0 bridgehead atoms. The van der Waals surface area contributed by atoms with Crippen LogP contribution >= 0.6 is 15.9 Å². The van der Waals surface area contributed by atoms with Gasteiger partial charge in [0.25, 0.3) is 0 Å². The lowest BCUT2D eigenvalue weighted by atomic mass is 9.69. The van der Waals surface area contributed by atoms with Gasteiger partial charge >= 0.3 is 0 Å². The van der Waals surface area contributed by atoms with Crippen LogP contribution in [-0.4, -0.2) is 29.2 Å². The third-order valence-corrected chi connectivity index (χ3v) is 5.62. The first-order chi connectivity index (χ1) is 7.39. The molecule has 1 saturated heterocycles. The third kappa shape index (κ3) is 2.46. The van der Waals surface area contributed by atoms with Gasteiger partial charge in [-0.2, -0.15) is 0 Å². The average Bonchev–Trinajstić information content (AvgIpc) is 2.15. The van der Waals surface area contributed by atoms with Crippen LogP contribution in [0.1, 0.15) is 47.0 Å². The maximum absolute atomic E-state index is 6.24. The number of hydrogen-bond acceptors (Lipinski definition) is 2. The van der Waals surface area contributed by atoms with Crippen molar-refractivity contribution in [2.75, 3.05) is 0 Å². The van der Waals surface area contributed by atoms with Crippen molar-refractivity contribution in [3.05, 3.63) is 0 Å². The normalized spacial score (nSPS) is 47.4. The molecule has 0 amide bonds. The maximum Gasteiger partial charge on any atom is 0.0651 e. The molecule has 1 heterocycles. The summed E-state index contributed by atoms with van der Waals surface area (Å²) in [5, 5.41) is 0. The molecular formula is C13H23BrO2. The van der Waals surface area contributed by atoms with Gasteiger partial charge in [0, 0.05) is 10.2 Å². The fraction of sp³-hybridized carbons (Fsp3) is 1.00. The molecule has 2 aliphatic rings. The second kappa shape index (κ2) is 4.58. The molecule has 1 saturated carbocycles. The molecule has 1 aliphatic heterocycles. The summed E-state index contributed by atoms with van der Waals surface area (Å²) in [5.74, 6) is 0. The molecule has 2 nitrogen and oxygen atoms in total. The van der Waals surface area contributed by atoms with E-state index in [2.05, 4.69) is 43.6 Å². The van der Waals surface area contributed by atoms with Gasteiger partial charge in [-0.25, -0.2) is 0 Å². The van der Waals surface area contributed by atoms with Gasteiger partial charge in [0.1, 0.15) is 0 Å². The summed E-state index contributed by atoms with van der Waals surface area (Å²) in [6, 6.07) is 0. The number of hydrogen-bond donors (Lipinski definition) is 0.